The van der Waals surface area contributed by atoms with Gasteiger partial charge in [0.15, 0.2) is 0 Å². The summed E-state index contributed by atoms with van der Waals surface area (Å²) >= 11 is 5.95. The van der Waals surface area contributed by atoms with Gasteiger partial charge >= 0.3 is 0 Å². The monoisotopic (exact) mass is 490 g/mol. The van der Waals surface area contributed by atoms with Crippen molar-refractivity contribution in [2.24, 2.45) is 5.92 Å². The van der Waals surface area contributed by atoms with E-state index < -0.39 is 0 Å². The van der Waals surface area contributed by atoms with E-state index >= 15 is 0 Å². The van der Waals surface area contributed by atoms with Crippen LogP contribution in [0.25, 0.3) is 11.4 Å². The Kier molecular flexibility index (Phi) is 7.20. The van der Waals surface area contributed by atoms with Crippen molar-refractivity contribution >= 4 is 17.5 Å². The Balaban J connectivity index is 1.07. The summed E-state index contributed by atoms with van der Waals surface area (Å²) in [5.74, 6) is 1.27. The maximum Gasteiger partial charge on any atom is 0.241 e. The van der Waals surface area contributed by atoms with Crippen molar-refractivity contribution < 1.29 is 9.32 Å². The van der Waals surface area contributed by atoms with E-state index in [-0.39, 0.29) is 11.8 Å². The number of amides is 1. The van der Waals surface area contributed by atoms with Crippen LogP contribution in [0.1, 0.15) is 29.9 Å². The molecule has 5 rings (SSSR count). The second-order valence-corrected chi connectivity index (χ2v) is 9.28. The zero-order valence-corrected chi connectivity index (χ0v) is 20.1. The van der Waals surface area contributed by atoms with Crippen molar-refractivity contribution in [2.45, 2.75) is 32.5 Å². The number of carbonyl (C=O) groups is 1. The molecular formula is C26H27ClN6O2. The van der Waals surface area contributed by atoms with Gasteiger partial charge in [0.05, 0.1) is 12.9 Å². The molecule has 1 amide bonds. The molecule has 0 unspecified atom stereocenters. The van der Waals surface area contributed by atoms with E-state index in [1.165, 1.54) is 5.56 Å². The van der Waals surface area contributed by atoms with Gasteiger partial charge in [-0.3, -0.25) is 9.69 Å². The fourth-order valence-electron chi connectivity index (χ4n) is 4.34. The summed E-state index contributed by atoms with van der Waals surface area (Å²) in [5.41, 5.74) is 3.15. The highest BCUT2D eigenvalue weighted by atomic mass is 35.5. The van der Waals surface area contributed by atoms with Crippen molar-refractivity contribution in [3.63, 3.8) is 0 Å². The normalized spacial score (nSPS) is 14.8. The molecule has 180 valence electrons. The van der Waals surface area contributed by atoms with Gasteiger partial charge in [-0.25, -0.2) is 4.98 Å². The summed E-state index contributed by atoms with van der Waals surface area (Å²) < 4.78 is 7.46. The first-order chi connectivity index (χ1) is 17.1. The van der Waals surface area contributed by atoms with Crippen molar-refractivity contribution in [1.29, 1.82) is 0 Å². The van der Waals surface area contributed by atoms with Crippen molar-refractivity contribution in [1.82, 2.24) is 29.9 Å². The standard InChI is InChI=1S/C26H27ClN6O2/c27-23-6-4-21(5-7-23)25-30-24(35-31-25)17-32-11-8-22(9-12-32)26(34)29-15-19-2-1-3-20(14-19)16-33-13-10-28-18-33/h1-7,10,13-14,18,22H,8-9,11-12,15-17H2,(H,29,34). The number of nitrogens with zero attached hydrogens (tertiary/aromatic N) is 5. The van der Waals surface area contributed by atoms with Gasteiger partial charge in [0.1, 0.15) is 0 Å². The Morgan fingerprint density at radius 2 is 1.89 bits per heavy atom. The van der Waals surface area contributed by atoms with Gasteiger partial charge in [0.25, 0.3) is 0 Å². The molecule has 0 radical (unpaired) electrons. The van der Waals surface area contributed by atoms with Crippen molar-refractivity contribution in [2.75, 3.05) is 13.1 Å². The minimum atomic E-state index is 0.0210. The lowest BCUT2D eigenvalue weighted by Gasteiger charge is -2.30. The topological polar surface area (TPSA) is 89.1 Å². The first-order valence-electron chi connectivity index (χ1n) is 11.7. The first-order valence-corrected chi connectivity index (χ1v) is 12.1. The zero-order valence-electron chi connectivity index (χ0n) is 19.3. The highest BCUT2D eigenvalue weighted by Gasteiger charge is 2.26. The third-order valence-electron chi connectivity index (χ3n) is 6.27. The van der Waals surface area contributed by atoms with Gasteiger partial charge in [-0.1, -0.05) is 41.0 Å². The first kappa shape index (κ1) is 23.3. The molecule has 0 spiro atoms. The number of halogens is 1. The van der Waals surface area contributed by atoms with Crippen LogP contribution < -0.4 is 5.32 Å². The lowest BCUT2D eigenvalue weighted by Crippen LogP contribution is -2.40. The number of carbonyl (C=O) groups excluding carboxylic acids is 1. The summed E-state index contributed by atoms with van der Waals surface area (Å²) in [5, 5.41) is 7.87. The Morgan fingerprint density at radius 3 is 2.66 bits per heavy atom. The number of benzene rings is 2. The van der Waals surface area contributed by atoms with Crippen LogP contribution in [-0.4, -0.2) is 43.6 Å². The maximum absolute atomic E-state index is 12.8. The van der Waals surface area contributed by atoms with Gasteiger partial charge < -0.3 is 14.4 Å². The minimum Gasteiger partial charge on any atom is -0.352 e. The van der Waals surface area contributed by atoms with E-state index in [2.05, 4.69) is 37.5 Å². The molecule has 2 aromatic carbocycles. The number of piperidine rings is 1. The molecule has 8 nitrogen and oxygen atoms in total. The molecule has 1 saturated heterocycles. The number of nitrogens with one attached hydrogen (secondary N) is 1. The SMILES string of the molecule is O=C(NCc1cccc(Cn2ccnc2)c1)C1CCN(Cc2nc(-c3ccc(Cl)cc3)no2)CC1. The largest absolute Gasteiger partial charge is 0.352 e. The van der Waals surface area contributed by atoms with Crippen LogP contribution in [0, 0.1) is 5.92 Å². The lowest BCUT2D eigenvalue weighted by molar-refractivity contribution is -0.126. The molecule has 1 aliphatic rings. The molecule has 2 aromatic heterocycles. The number of aromatic nitrogens is 4. The van der Waals surface area contributed by atoms with E-state index in [0.29, 0.717) is 29.8 Å². The molecule has 1 aliphatic heterocycles. The molecule has 4 aromatic rings. The van der Waals surface area contributed by atoms with Crippen molar-refractivity contribution in [3.8, 4) is 11.4 Å². The van der Waals surface area contributed by atoms with Gasteiger partial charge in [-0.15, -0.1) is 0 Å². The average molecular weight is 491 g/mol. The Labute approximate surface area is 208 Å². The highest BCUT2D eigenvalue weighted by Crippen LogP contribution is 2.22. The molecular weight excluding hydrogens is 464 g/mol. The van der Waals surface area contributed by atoms with Gasteiger partial charge in [0.2, 0.25) is 17.6 Å². The van der Waals surface area contributed by atoms with E-state index in [1.807, 2.05) is 35.0 Å². The van der Waals surface area contributed by atoms with Gasteiger partial charge in [-0.2, -0.15) is 4.98 Å². The molecule has 0 bridgehead atoms. The van der Waals surface area contributed by atoms with Crippen LogP contribution in [0.5, 0.6) is 0 Å². The number of imidazole rings is 1. The molecule has 1 N–H and O–H groups in total. The maximum atomic E-state index is 12.8. The van der Waals surface area contributed by atoms with Crippen molar-refractivity contribution in [3.05, 3.63) is 89.3 Å². The third-order valence-corrected chi connectivity index (χ3v) is 6.52. The van der Waals surface area contributed by atoms with Crippen LogP contribution in [0.15, 0.2) is 71.8 Å². The summed E-state index contributed by atoms with van der Waals surface area (Å²) in [4.78, 5) is 23.6. The molecule has 0 saturated carbocycles. The fraction of sp³-hybridized carbons (Fsp3) is 0.308. The van der Waals surface area contributed by atoms with Crippen LogP contribution in [0.4, 0.5) is 0 Å². The number of rotatable bonds is 8. The predicted octanol–water partition coefficient (Wildman–Crippen LogP) is 4.16. The second kappa shape index (κ2) is 10.8. The molecule has 1 fully saturated rings. The molecule has 0 aliphatic carbocycles. The number of likely N-dealkylation sites (tertiary alicyclic amines) is 1. The Morgan fingerprint density at radius 1 is 1.09 bits per heavy atom. The smallest absolute Gasteiger partial charge is 0.241 e. The fourth-order valence-corrected chi connectivity index (χ4v) is 4.47. The number of hydrogen-bond acceptors (Lipinski definition) is 6. The molecule has 9 heteroatoms. The quantitative estimate of drug-likeness (QED) is 0.399. The van der Waals surface area contributed by atoms with Gasteiger partial charge in [-0.05, 0) is 61.3 Å². The summed E-state index contributed by atoms with van der Waals surface area (Å²) in [6.45, 7) is 3.51. The summed E-state index contributed by atoms with van der Waals surface area (Å²) in [6.07, 6.45) is 7.14. The Hall–Kier alpha value is -3.49. The molecule has 0 atom stereocenters. The molecule has 3 heterocycles. The third kappa shape index (κ3) is 6.15. The zero-order chi connectivity index (χ0) is 24.0. The second-order valence-electron chi connectivity index (χ2n) is 8.84. The lowest BCUT2D eigenvalue weighted by atomic mass is 9.96. The van der Waals surface area contributed by atoms with E-state index in [9.17, 15) is 4.79 Å². The average Bonchev–Trinajstić information content (AvgIpc) is 3.56. The van der Waals surface area contributed by atoms with Crippen LogP contribution >= 0.6 is 11.6 Å². The van der Waals surface area contributed by atoms with E-state index in [0.717, 1.165) is 43.6 Å². The van der Waals surface area contributed by atoms with Crippen LogP contribution in [0.2, 0.25) is 5.02 Å². The summed E-state index contributed by atoms with van der Waals surface area (Å²) in [6, 6.07) is 15.6. The minimum absolute atomic E-state index is 0.0210. The number of hydrogen-bond donors (Lipinski definition) is 1. The van der Waals surface area contributed by atoms with Gasteiger partial charge in [0, 0.05) is 42.0 Å². The van der Waals surface area contributed by atoms with Crippen LogP contribution in [0.3, 0.4) is 0 Å². The predicted molar refractivity (Wildman–Crippen MR) is 132 cm³/mol. The van der Waals surface area contributed by atoms with E-state index in [4.69, 9.17) is 16.1 Å². The van der Waals surface area contributed by atoms with Crippen LogP contribution in [-0.2, 0) is 24.4 Å². The molecule has 35 heavy (non-hydrogen) atoms. The van der Waals surface area contributed by atoms with E-state index in [1.54, 1.807) is 24.7 Å². The Bertz CT molecular complexity index is 1250. The highest BCUT2D eigenvalue weighted by molar-refractivity contribution is 6.30. The summed E-state index contributed by atoms with van der Waals surface area (Å²) in [7, 11) is 0.